The molecule has 1 aliphatic rings. The van der Waals surface area contributed by atoms with Crippen molar-refractivity contribution < 1.29 is 9.32 Å². The van der Waals surface area contributed by atoms with Gasteiger partial charge < -0.3 is 9.42 Å². The summed E-state index contributed by atoms with van der Waals surface area (Å²) in [6, 6.07) is 0. The van der Waals surface area contributed by atoms with E-state index < -0.39 is 0 Å². The Labute approximate surface area is 135 Å². The number of amides is 1. The van der Waals surface area contributed by atoms with Crippen molar-refractivity contribution >= 4 is 5.91 Å². The fourth-order valence-corrected chi connectivity index (χ4v) is 3.18. The summed E-state index contributed by atoms with van der Waals surface area (Å²) in [7, 11) is 0. The molecule has 1 aliphatic heterocycles. The van der Waals surface area contributed by atoms with E-state index in [4.69, 9.17) is 4.52 Å². The van der Waals surface area contributed by atoms with Gasteiger partial charge in [-0.1, -0.05) is 19.0 Å². The zero-order valence-corrected chi connectivity index (χ0v) is 13.9. The minimum Gasteiger partial charge on any atom is -0.340 e. The molecule has 0 saturated carbocycles. The van der Waals surface area contributed by atoms with Gasteiger partial charge in [0.1, 0.15) is 0 Å². The molecule has 2 aromatic rings. The number of aromatic nitrogens is 4. The largest absolute Gasteiger partial charge is 0.340 e. The Morgan fingerprint density at radius 1 is 1.52 bits per heavy atom. The molecule has 0 aromatic carbocycles. The van der Waals surface area contributed by atoms with E-state index in [1.807, 2.05) is 4.90 Å². The smallest absolute Gasteiger partial charge is 0.257 e. The van der Waals surface area contributed by atoms with Crippen LogP contribution in [0.15, 0.2) is 10.7 Å². The number of likely N-dealkylation sites (tertiary alicyclic amines) is 1. The highest BCUT2D eigenvalue weighted by Crippen LogP contribution is 2.24. The molecule has 2 aromatic heterocycles. The van der Waals surface area contributed by atoms with Crippen LogP contribution in [0.4, 0.5) is 0 Å². The van der Waals surface area contributed by atoms with E-state index in [0.29, 0.717) is 17.4 Å². The molecular weight excluding hydrogens is 294 g/mol. The first-order valence-corrected chi connectivity index (χ1v) is 8.16. The molecule has 7 heteroatoms. The van der Waals surface area contributed by atoms with Gasteiger partial charge in [0.15, 0.2) is 5.82 Å². The molecule has 23 heavy (non-hydrogen) atoms. The van der Waals surface area contributed by atoms with E-state index in [-0.39, 0.29) is 11.8 Å². The maximum Gasteiger partial charge on any atom is 0.257 e. The standard InChI is InChI=1S/C16H23N5O2/c1-10(2)15-13(8-17-19-15)16(22)21-6-4-5-12(9-21)7-14-18-11(3)23-20-14/h8,10,12H,4-7,9H2,1-3H3,(H,17,19). The molecule has 1 saturated heterocycles. The molecule has 1 unspecified atom stereocenters. The Hall–Kier alpha value is -2.18. The Kier molecular flexibility index (Phi) is 4.45. The Morgan fingerprint density at radius 3 is 3.04 bits per heavy atom. The normalized spacial score (nSPS) is 18.6. The van der Waals surface area contributed by atoms with Crippen LogP contribution in [0.5, 0.6) is 0 Å². The number of carbonyl (C=O) groups excluding carboxylic acids is 1. The minimum atomic E-state index is 0.0662. The van der Waals surface area contributed by atoms with E-state index in [9.17, 15) is 4.79 Å². The topological polar surface area (TPSA) is 87.9 Å². The summed E-state index contributed by atoms with van der Waals surface area (Å²) in [4.78, 5) is 19.0. The van der Waals surface area contributed by atoms with Crippen LogP contribution in [-0.4, -0.2) is 44.2 Å². The SMILES string of the molecule is Cc1nc(CC2CCCN(C(=O)c3cn[nH]c3C(C)C)C2)no1. The zero-order chi connectivity index (χ0) is 16.4. The van der Waals surface area contributed by atoms with Crippen LogP contribution in [0.3, 0.4) is 0 Å². The van der Waals surface area contributed by atoms with Crippen molar-refractivity contribution in [3.05, 3.63) is 29.2 Å². The molecule has 124 valence electrons. The van der Waals surface area contributed by atoms with Crippen LogP contribution in [-0.2, 0) is 6.42 Å². The number of rotatable bonds is 4. The van der Waals surface area contributed by atoms with Crippen molar-refractivity contribution in [1.29, 1.82) is 0 Å². The first-order valence-electron chi connectivity index (χ1n) is 8.16. The van der Waals surface area contributed by atoms with Crippen molar-refractivity contribution in [3.63, 3.8) is 0 Å². The third-order valence-electron chi connectivity index (χ3n) is 4.32. The first-order chi connectivity index (χ1) is 11.0. The van der Waals surface area contributed by atoms with Gasteiger partial charge in [0.05, 0.1) is 17.5 Å². The van der Waals surface area contributed by atoms with Gasteiger partial charge in [-0.15, -0.1) is 0 Å². The van der Waals surface area contributed by atoms with Gasteiger partial charge in [0.2, 0.25) is 5.89 Å². The molecule has 1 atom stereocenters. The molecule has 3 heterocycles. The minimum absolute atomic E-state index is 0.0662. The van der Waals surface area contributed by atoms with Gasteiger partial charge in [0.25, 0.3) is 5.91 Å². The van der Waals surface area contributed by atoms with Gasteiger partial charge in [-0.25, -0.2) is 0 Å². The number of nitrogens with zero attached hydrogens (tertiary/aromatic N) is 4. The van der Waals surface area contributed by atoms with E-state index in [0.717, 1.165) is 43.9 Å². The predicted molar refractivity (Wildman–Crippen MR) is 84.0 cm³/mol. The van der Waals surface area contributed by atoms with Crippen molar-refractivity contribution in [2.45, 2.75) is 46.0 Å². The second-order valence-electron chi connectivity index (χ2n) is 6.55. The Morgan fingerprint density at radius 2 is 2.35 bits per heavy atom. The Bertz CT molecular complexity index is 676. The molecule has 1 N–H and O–H groups in total. The summed E-state index contributed by atoms with van der Waals surface area (Å²) in [5, 5.41) is 11.0. The maximum atomic E-state index is 12.8. The molecule has 7 nitrogen and oxygen atoms in total. The molecule has 3 rings (SSSR count). The molecule has 0 radical (unpaired) electrons. The van der Waals surface area contributed by atoms with Gasteiger partial charge in [-0.3, -0.25) is 9.89 Å². The lowest BCUT2D eigenvalue weighted by Gasteiger charge is -2.32. The molecule has 1 fully saturated rings. The first kappa shape index (κ1) is 15.7. The quantitative estimate of drug-likeness (QED) is 0.935. The monoisotopic (exact) mass is 317 g/mol. The fourth-order valence-electron chi connectivity index (χ4n) is 3.18. The summed E-state index contributed by atoms with van der Waals surface area (Å²) < 4.78 is 5.03. The van der Waals surface area contributed by atoms with Crippen molar-refractivity contribution in [2.75, 3.05) is 13.1 Å². The maximum absolute atomic E-state index is 12.8. The molecular formula is C16H23N5O2. The predicted octanol–water partition coefficient (Wildman–Crippen LogP) is 2.32. The highest BCUT2D eigenvalue weighted by molar-refractivity contribution is 5.95. The third-order valence-corrected chi connectivity index (χ3v) is 4.32. The molecule has 0 spiro atoms. The molecule has 0 aliphatic carbocycles. The zero-order valence-electron chi connectivity index (χ0n) is 13.9. The number of hydrogen-bond acceptors (Lipinski definition) is 5. The second-order valence-corrected chi connectivity index (χ2v) is 6.55. The van der Waals surface area contributed by atoms with E-state index in [2.05, 4.69) is 34.2 Å². The fraction of sp³-hybridized carbons (Fsp3) is 0.625. The number of piperidine rings is 1. The summed E-state index contributed by atoms with van der Waals surface area (Å²) in [6.45, 7) is 7.43. The summed E-state index contributed by atoms with van der Waals surface area (Å²) in [6.07, 6.45) is 4.48. The second kappa shape index (κ2) is 6.52. The van der Waals surface area contributed by atoms with Crippen LogP contribution in [0, 0.1) is 12.8 Å². The van der Waals surface area contributed by atoms with Crippen LogP contribution < -0.4 is 0 Å². The van der Waals surface area contributed by atoms with Crippen molar-refractivity contribution in [3.8, 4) is 0 Å². The van der Waals surface area contributed by atoms with Crippen LogP contribution >= 0.6 is 0 Å². The number of hydrogen-bond donors (Lipinski definition) is 1. The summed E-state index contributed by atoms with van der Waals surface area (Å²) in [5.74, 6) is 2.01. The Balaban J connectivity index is 1.68. The van der Waals surface area contributed by atoms with Crippen LogP contribution in [0.2, 0.25) is 0 Å². The van der Waals surface area contributed by atoms with Crippen LogP contribution in [0.1, 0.15) is 60.4 Å². The van der Waals surface area contributed by atoms with Gasteiger partial charge in [0, 0.05) is 26.4 Å². The average molecular weight is 317 g/mol. The van der Waals surface area contributed by atoms with Gasteiger partial charge >= 0.3 is 0 Å². The molecule has 0 bridgehead atoms. The van der Waals surface area contributed by atoms with Crippen molar-refractivity contribution in [2.24, 2.45) is 5.92 Å². The number of aromatic amines is 1. The lowest BCUT2D eigenvalue weighted by atomic mass is 9.93. The number of carbonyl (C=O) groups is 1. The highest BCUT2D eigenvalue weighted by Gasteiger charge is 2.28. The number of H-pyrrole nitrogens is 1. The van der Waals surface area contributed by atoms with Crippen LogP contribution in [0.25, 0.3) is 0 Å². The highest BCUT2D eigenvalue weighted by atomic mass is 16.5. The lowest BCUT2D eigenvalue weighted by Crippen LogP contribution is -2.40. The third kappa shape index (κ3) is 3.43. The van der Waals surface area contributed by atoms with Gasteiger partial charge in [-0.2, -0.15) is 10.1 Å². The van der Waals surface area contributed by atoms with Gasteiger partial charge in [-0.05, 0) is 24.7 Å². The van der Waals surface area contributed by atoms with E-state index in [1.54, 1.807) is 13.1 Å². The van der Waals surface area contributed by atoms with E-state index in [1.165, 1.54) is 0 Å². The van der Waals surface area contributed by atoms with Crippen molar-refractivity contribution in [1.82, 2.24) is 25.2 Å². The number of aryl methyl sites for hydroxylation is 1. The summed E-state index contributed by atoms with van der Waals surface area (Å²) in [5.41, 5.74) is 1.60. The number of nitrogens with one attached hydrogen (secondary N) is 1. The lowest BCUT2D eigenvalue weighted by molar-refractivity contribution is 0.0670. The molecule has 1 amide bonds. The summed E-state index contributed by atoms with van der Waals surface area (Å²) >= 11 is 0. The van der Waals surface area contributed by atoms with E-state index >= 15 is 0 Å². The average Bonchev–Trinajstić information content (AvgIpc) is 3.16.